The van der Waals surface area contributed by atoms with Crippen molar-refractivity contribution in [3.05, 3.63) is 29.0 Å². The first-order valence-corrected chi connectivity index (χ1v) is 5.94. The van der Waals surface area contributed by atoms with E-state index in [1.807, 2.05) is 19.1 Å². The molecule has 3 aromatic heterocycles. The van der Waals surface area contributed by atoms with Gasteiger partial charge >= 0.3 is 0 Å². The number of fused-ring (bicyclic) bond motifs is 1. The number of rotatable bonds is 2. The first-order chi connectivity index (χ1) is 8.29. The number of nitrogens with two attached hydrogens (primary N) is 1. The smallest absolute Gasteiger partial charge is 0.197 e. The summed E-state index contributed by atoms with van der Waals surface area (Å²) < 4.78 is 1.71. The molecule has 0 fully saturated rings. The van der Waals surface area contributed by atoms with Crippen molar-refractivity contribution < 1.29 is 0 Å². The Morgan fingerprint density at radius 2 is 2.29 bits per heavy atom. The molecular weight excluding hydrogens is 236 g/mol. The van der Waals surface area contributed by atoms with Crippen molar-refractivity contribution in [2.45, 2.75) is 13.5 Å². The fourth-order valence-corrected chi connectivity index (χ4v) is 2.55. The van der Waals surface area contributed by atoms with E-state index in [9.17, 15) is 0 Å². The summed E-state index contributed by atoms with van der Waals surface area (Å²) in [7, 11) is 0. The van der Waals surface area contributed by atoms with Crippen molar-refractivity contribution >= 4 is 17.0 Å². The third-order valence-electron chi connectivity index (χ3n) is 2.40. The van der Waals surface area contributed by atoms with Gasteiger partial charge < -0.3 is 5.73 Å². The summed E-state index contributed by atoms with van der Waals surface area (Å²) in [6.07, 6.45) is 1.71. The molecule has 0 aromatic carbocycles. The van der Waals surface area contributed by atoms with Gasteiger partial charge in [0.25, 0.3) is 0 Å². The highest BCUT2D eigenvalue weighted by atomic mass is 32.1. The third-order valence-corrected chi connectivity index (χ3v) is 3.57. The second-order valence-corrected chi connectivity index (χ2v) is 4.63. The van der Waals surface area contributed by atoms with E-state index in [0.717, 1.165) is 27.1 Å². The summed E-state index contributed by atoms with van der Waals surface area (Å²) in [6.45, 7) is 2.38. The number of aryl methyl sites for hydroxylation is 1. The molecule has 3 heterocycles. The van der Waals surface area contributed by atoms with Crippen LogP contribution in [0, 0.1) is 6.92 Å². The van der Waals surface area contributed by atoms with Crippen LogP contribution in [0.2, 0.25) is 0 Å². The molecule has 0 unspecified atom stereocenters. The van der Waals surface area contributed by atoms with Crippen LogP contribution in [0.5, 0.6) is 0 Å². The van der Waals surface area contributed by atoms with E-state index in [1.54, 1.807) is 10.7 Å². The lowest BCUT2D eigenvalue weighted by atomic mass is 10.4. The maximum absolute atomic E-state index is 5.59. The predicted molar refractivity (Wildman–Crippen MR) is 64.5 cm³/mol. The van der Waals surface area contributed by atoms with Crippen LogP contribution in [0.15, 0.2) is 18.3 Å². The fourth-order valence-electron chi connectivity index (χ4n) is 1.63. The van der Waals surface area contributed by atoms with Crippen LogP contribution in [0.3, 0.4) is 0 Å². The van der Waals surface area contributed by atoms with E-state index in [4.69, 9.17) is 5.73 Å². The Morgan fingerprint density at radius 1 is 1.41 bits per heavy atom. The van der Waals surface area contributed by atoms with Crippen molar-refractivity contribution in [1.29, 1.82) is 0 Å². The molecule has 0 bridgehead atoms. The quantitative estimate of drug-likeness (QED) is 0.730. The van der Waals surface area contributed by atoms with Crippen molar-refractivity contribution in [3.8, 4) is 10.7 Å². The van der Waals surface area contributed by atoms with Gasteiger partial charge in [0.1, 0.15) is 5.01 Å². The van der Waals surface area contributed by atoms with Crippen molar-refractivity contribution in [1.82, 2.24) is 24.8 Å². The minimum absolute atomic E-state index is 0.440. The van der Waals surface area contributed by atoms with Gasteiger partial charge in [0.2, 0.25) is 0 Å². The van der Waals surface area contributed by atoms with Gasteiger partial charge in [-0.1, -0.05) is 0 Å². The van der Waals surface area contributed by atoms with E-state index in [2.05, 4.69) is 20.3 Å². The highest BCUT2D eigenvalue weighted by molar-refractivity contribution is 7.15. The molecule has 3 aromatic rings. The average Bonchev–Trinajstić information content (AvgIpc) is 2.92. The largest absolute Gasteiger partial charge is 0.325 e. The van der Waals surface area contributed by atoms with Gasteiger partial charge in [-0.3, -0.25) is 0 Å². The van der Waals surface area contributed by atoms with Crippen LogP contribution in [0.25, 0.3) is 16.3 Å². The summed E-state index contributed by atoms with van der Waals surface area (Å²) in [6, 6.07) is 3.70. The highest BCUT2D eigenvalue weighted by Gasteiger charge is 2.15. The Hall–Kier alpha value is -1.86. The fraction of sp³-hybridized carbons (Fsp3) is 0.200. The van der Waals surface area contributed by atoms with Crippen LogP contribution in [0.4, 0.5) is 0 Å². The molecule has 0 saturated carbocycles. The molecule has 2 N–H and O–H groups in total. The Labute approximate surface area is 101 Å². The van der Waals surface area contributed by atoms with Gasteiger partial charge in [-0.15, -0.1) is 21.5 Å². The van der Waals surface area contributed by atoms with Crippen LogP contribution in [0.1, 0.15) is 10.7 Å². The van der Waals surface area contributed by atoms with Gasteiger partial charge in [0, 0.05) is 12.7 Å². The minimum atomic E-state index is 0.440. The lowest BCUT2D eigenvalue weighted by Gasteiger charge is -1.95. The third kappa shape index (κ3) is 1.60. The van der Waals surface area contributed by atoms with Gasteiger partial charge in [-0.05, 0) is 19.1 Å². The minimum Gasteiger partial charge on any atom is -0.325 e. The molecule has 6 nitrogen and oxygen atoms in total. The molecule has 0 aliphatic heterocycles. The molecule has 86 valence electrons. The van der Waals surface area contributed by atoms with E-state index in [-0.39, 0.29) is 0 Å². The summed E-state index contributed by atoms with van der Waals surface area (Å²) >= 11 is 1.53. The maximum Gasteiger partial charge on any atom is 0.197 e. The Bertz CT molecular complexity index is 670. The average molecular weight is 246 g/mol. The molecule has 0 amide bonds. The molecule has 0 aliphatic rings. The molecule has 17 heavy (non-hydrogen) atoms. The van der Waals surface area contributed by atoms with Crippen molar-refractivity contribution in [2.75, 3.05) is 0 Å². The van der Waals surface area contributed by atoms with Gasteiger partial charge in [-0.2, -0.15) is 9.61 Å². The Kier molecular flexibility index (Phi) is 2.34. The van der Waals surface area contributed by atoms with E-state index in [1.165, 1.54) is 11.3 Å². The molecule has 0 spiro atoms. The van der Waals surface area contributed by atoms with Crippen molar-refractivity contribution in [2.24, 2.45) is 5.73 Å². The Morgan fingerprint density at radius 3 is 3.06 bits per heavy atom. The summed E-state index contributed by atoms with van der Waals surface area (Å²) in [5.41, 5.74) is 7.23. The molecule has 0 aliphatic carbocycles. The Balaban J connectivity index is 2.23. The van der Waals surface area contributed by atoms with E-state index < -0.39 is 0 Å². The zero-order chi connectivity index (χ0) is 11.8. The van der Waals surface area contributed by atoms with Crippen LogP contribution >= 0.6 is 11.3 Å². The molecule has 0 atom stereocenters. The maximum atomic E-state index is 5.59. The summed E-state index contributed by atoms with van der Waals surface area (Å²) in [4.78, 5) is 5.35. The highest BCUT2D eigenvalue weighted by Crippen LogP contribution is 2.28. The topological polar surface area (TPSA) is 82.0 Å². The molecule has 0 radical (unpaired) electrons. The number of hydrogen-bond donors (Lipinski definition) is 1. The first kappa shape index (κ1) is 10.3. The first-order valence-electron chi connectivity index (χ1n) is 5.13. The van der Waals surface area contributed by atoms with Crippen LogP contribution in [-0.2, 0) is 6.54 Å². The zero-order valence-electron chi connectivity index (χ0n) is 9.16. The van der Waals surface area contributed by atoms with E-state index >= 15 is 0 Å². The number of aromatic nitrogens is 5. The van der Waals surface area contributed by atoms with Crippen LogP contribution in [-0.4, -0.2) is 24.8 Å². The number of thiazole rings is 1. The summed E-state index contributed by atoms with van der Waals surface area (Å²) in [5, 5.41) is 13.4. The van der Waals surface area contributed by atoms with Crippen molar-refractivity contribution in [3.63, 3.8) is 0 Å². The van der Waals surface area contributed by atoms with Gasteiger partial charge in [-0.25, -0.2) is 4.98 Å². The van der Waals surface area contributed by atoms with Crippen LogP contribution < -0.4 is 5.73 Å². The number of hydrogen-bond acceptors (Lipinski definition) is 6. The number of nitrogens with zero attached hydrogens (tertiary/aromatic N) is 5. The van der Waals surface area contributed by atoms with Gasteiger partial charge in [0.05, 0.1) is 10.6 Å². The second kappa shape index (κ2) is 3.86. The molecule has 0 saturated heterocycles. The van der Waals surface area contributed by atoms with E-state index in [0.29, 0.717) is 6.54 Å². The molecule has 3 rings (SSSR count). The zero-order valence-corrected chi connectivity index (χ0v) is 9.98. The lowest BCUT2D eigenvalue weighted by molar-refractivity contribution is 0.935. The van der Waals surface area contributed by atoms with Gasteiger partial charge in [0.15, 0.2) is 11.5 Å². The second-order valence-electron chi connectivity index (χ2n) is 3.54. The molecule has 7 heteroatoms. The monoisotopic (exact) mass is 246 g/mol. The molecular formula is C10H10N6S. The lowest BCUT2D eigenvalue weighted by Crippen LogP contribution is -1.94. The predicted octanol–water partition coefficient (Wildman–Crippen LogP) is 1.01. The summed E-state index contributed by atoms with van der Waals surface area (Å²) in [5.74, 6) is 0.718. The normalized spacial score (nSPS) is 11.2. The standard InChI is InChI=1S/C10H10N6S/c1-6-9(17-8(5-11)13-6)10-15-14-7-3-2-4-12-16(7)10/h2-4H,5,11H2,1H3. The SMILES string of the molecule is Cc1nc(CN)sc1-c1nnc2cccnn12.